The van der Waals surface area contributed by atoms with E-state index in [0.717, 1.165) is 65.4 Å². The number of hydrogen-bond donors (Lipinski definition) is 4. The van der Waals surface area contributed by atoms with Crippen molar-refractivity contribution in [2.24, 2.45) is 0 Å². The van der Waals surface area contributed by atoms with Gasteiger partial charge in [0.05, 0.1) is 49.4 Å². The molecular formula is C48H34N9P. The van der Waals surface area contributed by atoms with Crippen LogP contribution < -0.4 is 5.44 Å². The number of nitrogens with zero attached hydrogens (tertiary/aromatic N) is 5. The lowest BCUT2D eigenvalue weighted by Gasteiger charge is -2.16. The summed E-state index contributed by atoms with van der Waals surface area (Å²) in [5.74, 6) is 1.02. The van der Waals surface area contributed by atoms with Gasteiger partial charge in [-0.15, -0.1) is 10.2 Å². The lowest BCUT2D eigenvalue weighted by molar-refractivity contribution is 0.971. The topological polar surface area (TPSA) is 136 Å². The van der Waals surface area contributed by atoms with Gasteiger partial charge in [0.15, 0.2) is 5.82 Å². The first-order valence-electron chi connectivity index (χ1n) is 18.8. The second kappa shape index (κ2) is 14.2. The number of para-hydroxylation sites is 6. The molecule has 0 aliphatic heterocycles. The van der Waals surface area contributed by atoms with Crippen LogP contribution in [0.2, 0.25) is 0 Å². The van der Waals surface area contributed by atoms with E-state index in [4.69, 9.17) is 10.2 Å². The number of fused-ring (bicyclic) bond motifs is 9. The smallest absolute Gasteiger partial charge is 0.160 e. The van der Waals surface area contributed by atoms with Crippen molar-refractivity contribution >= 4 is 101 Å². The number of rotatable bonds is 8. The second-order valence-corrected chi connectivity index (χ2v) is 16.0. The molecule has 4 aromatic heterocycles. The first-order valence-corrected chi connectivity index (χ1v) is 20.1. The molecule has 0 bridgehead atoms. The summed E-state index contributed by atoms with van der Waals surface area (Å²) >= 11 is 0. The maximum atomic E-state index is 9.44. The molecule has 58 heavy (non-hydrogen) atoms. The standard InChI is InChI=1S/C48H34N9P/c49-43(55-37-19-7-1-13-31(37)32-14-2-8-20-38(32)55)25-27-45(51)58(46(52)28-26-44(50)56-39-21-9-3-15-33(39)34-16-4-10-22-40(34)56)48-30-29-47(53-54-48)57-41-23-11-5-17-35(41)36-18-6-12-24-42(36)57/h1-30,49-52H/b27-25-,28-26-,49-43?,50-44?,51-45?,52-46?. The summed E-state index contributed by atoms with van der Waals surface area (Å²) in [5, 5.41) is 53.1. The first-order chi connectivity index (χ1) is 28.5. The minimum absolute atomic E-state index is 0.123. The summed E-state index contributed by atoms with van der Waals surface area (Å²) in [4.78, 5) is 0. The van der Waals surface area contributed by atoms with Gasteiger partial charge in [-0.05, 0) is 72.8 Å². The van der Waals surface area contributed by atoms with Crippen LogP contribution >= 0.6 is 7.92 Å². The molecule has 10 aromatic rings. The van der Waals surface area contributed by atoms with Crippen LogP contribution in [0, 0.1) is 21.6 Å². The maximum Gasteiger partial charge on any atom is 0.160 e. The molecule has 0 saturated carbocycles. The summed E-state index contributed by atoms with van der Waals surface area (Å²) in [6.07, 6.45) is 6.43. The molecule has 10 rings (SSSR count). The molecule has 4 heterocycles. The van der Waals surface area contributed by atoms with E-state index in [1.54, 1.807) is 24.3 Å². The summed E-state index contributed by atoms with van der Waals surface area (Å²) in [5.41, 5.74) is 6.33. The Kier molecular flexibility index (Phi) is 8.51. The molecule has 276 valence electrons. The predicted octanol–water partition coefficient (Wildman–Crippen LogP) is 11.0. The van der Waals surface area contributed by atoms with Gasteiger partial charge in [0.25, 0.3) is 0 Å². The highest BCUT2D eigenvalue weighted by Crippen LogP contribution is 2.39. The average Bonchev–Trinajstić information content (AvgIpc) is 3.91. The third-order valence-corrected chi connectivity index (χ3v) is 12.6. The maximum absolute atomic E-state index is 9.44. The average molecular weight is 768 g/mol. The number of allylic oxidation sites excluding steroid dienone is 4. The Bertz CT molecular complexity index is 3070. The summed E-state index contributed by atoms with van der Waals surface area (Å²) in [7, 11) is -1.83. The highest BCUT2D eigenvalue weighted by Gasteiger charge is 2.23. The minimum atomic E-state index is -1.83. The molecule has 0 spiro atoms. The molecule has 0 amide bonds. The molecule has 4 N–H and O–H groups in total. The first kappa shape index (κ1) is 34.8. The van der Waals surface area contributed by atoms with Crippen LogP contribution in [0.15, 0.2) is 182 Å². The summed E-state index contributed by atoms with van der Waals surface area (Å²) in [6, 6.07) is 52.2. The van der Waals surface area contributed by atoms with Gasteiger partial charge in [-0.3, -0.25) is 35.3 Å². The Morgan fingerprint density at radius 3 is 1.05 bits per heavy atom. The monoisotopic (exact) mass is 767 g/mol. The fourth-order valence-corrected chi connectivity index (χ4v) is 9.64. The molecule has 0 aliphatic carbocycles. The summed E-state index contributed by atoms with van der Waals surface area (Å²) < 4.78 is 5.85. The van der Waals surface area contributed by atoms with E-state index in [1.807, 2.05) is 118 Å². The molecule has 0 radical (unpaired) electrons. The highest BCUT2D eigenvalue weighted by atomic mass is 31.1. The zero-order valence-corrected chi connectivity index (χ0v) is 31.9. The van der Waals surface area contributed by atoms with Gasteiger partial charge in [-0.25, -0.2) is 0 Å². The van der Waals surface area contributed by atoms with Gasteiger partial charge in [0.1, 0.15) is 11.7 Å². The van der Waals surface area contributed by atoms with E-state index >= 15 is 0 Å². The molecule has 0 unspecified atom stereocenters. The van der Waals surface area contributed by atoms with E-state index < -0.39 is 7.92 Å². The van der Waals surface area contributed by atoms with E-state index in [0.29, 0.717) is 11.3 Å². The van der Waals surface area contributed by atoms with Crippen molar-refractivity contribution < 1.29 is 0 Å². The minimum Gasteiger partial charge on any atom is -0.300 e. The lowest BCUT2D eigenvalue weighted by Crippen LogP contribution is -2.18. The van der Waals surface area contributed by atoms with E-state index in [9.17, 15) is 21.6 Å². The molecule has 0 atom stereocenters. The van der Waals surface area contributed by atoms with Crippen LogP contribution in [0.5, 0.6) is 0 Å². The van der Waals surface area contributed by atoms with Gasteiger partial charge < -0.3 is 0 Å². The third-order valence-electron chi connectivity index (χ3n) is 10.6. The van der Waals surface area contributed by atoms with Crippen molar-refractivity contribution in [1.29, 1.82) is 21.6 Å². The molecular weight excluding hydrogens is 734 g/mol. The molecule has 0 fully saturated rings. The Labute approximate surface area is 333 Å². The fourth-order valence-electron chi connectivity index (χ4n) is 8.08. The fraction of sp³-hybridized carbons (Fsp3) is 0. The molecule has 6 aromatic carbocycles. The largest absolute Gasteiger partial charge is 0.300 e. The van der Waals surface area contributed by atoms with Gasteiger partial charge in [0.2, 0.25) is 0 Å². The van der Waals surface area contributed by atoms with Crippen LogP contribution in [-0.2, 0) is 0 Å². The second-order valence-electron chi connectivity index (χ2n) is 13.9. The predicted molar refractivity (Wildman–Crippen MR) is 242 cm³/mol. The molecule has 0 saturated heterocycles. The number of nitrogens with one attached hydrogen (secondary N) is 4. The summed E-state index contributed by atoms with van der Waals surface area (Å²) in [6.45, 7) is 0. The van der Waals surface area contributed by atoms with Crippen LogP contribution in [0.25, 0.3) is 71.2 Å². The lowest BCUT2D eigenvalue weighted by atomic mass is 10.2. The van der Waals surface area contributed by atoms with E-state index in [2.05, 4.69) is 53.1 Å². The quantitative estimate of drug-likeness (QED) is 0.0695. The number of hydrogen-bond acceptors (Lipinski definition) is 6. The van der Waals surface area contributed by atoms with Crippen molar-refractivity contribution in [3.63, 3.8) is 0 Å². The van der Waals surface area contributed by atoms with E-state index in [1.165, 1.54) is 0 Å². The Morgan fingerprint density at radius 1 is 0.379 bits per heavy atom. The number of benzene rings is 6. The third kappa shape index (κ3) is 5.67. The van der Waals surface area contributed by atoms with Crippen molar-refractivity contribution in [3.8, 4) is 5.82 Å². The highest BCUT2D eigenvalue weighted by molar-refractivity contribution is 7.96. The Balaban J connectivity index is 1.03. The van der Waals surface area contributed by atoms with Gasteiger partial charge in [-0.2, -0.15) is 0 Å². The van der Waals surface area contributed by atoms with Crippen LogP contribution in [0.3, 0.4) is 0 Å². The number of aromatic nitrogens is 5. The Morgan fingerprint density at radius 2 is 0.707 bits per heavy atom. The van der Waals surface area contributed by atoms with Gasteiger partial charge in [0, 0.05) is 40.2 Å². The molecule has 9 nitrogen and oxygen atoms in total. The van der Waals surface area contributed by atoms with Gasteiger partial charge in [-0.1, -0.05) is 109 Å². The van der Waals surface area contributed by atoms with Crippen molar-refractivity contribution in [2.45, 2.75) is 0 Å². The van der Waals surface area contributed by atoms with Crippen LogP contribution in [-0.4, -0.2) is 46.5 Å². The molecule has 10 heteroatoms. The zero-order chi connectivity index (χ0) is 39.3. The zero-order valence-electron chi connectivity index (χ0n) is 31.0. The van der Waals surface area contributed by atoms with Crippen molar-refractivity contribution in [3.05, 3.63) is 182 Å². The Hall–Kier alpha value is -7.61. The van der Waals surface area contributed by atoms with Crippen LogP contribution in [0.1, 0.15) is 0 Å². The van der Waals surface area contributed by atoms with Gasteiger partial charge >= 0.3 is 0 Å². The SMILES string of the molecule is N=C(/C=C\C(=N)P(C(=N)/C=C\C(=N)n1c2ccccc2c2ccccc21)c1ccc(-n2c3ccccc3c3ccccc32)nn1)n1c2ccccc2c2ccccc21. The van der Waals surface area contributed by atoms with Crippen molar-refractivity contribution in [2.75, 3.05) is 0 Å². The molecule has 0 aliphatic rings. The van der Waals surface area contributed by atoms with Crippen LogP contribution in [0.4, 0.5) is 0 Å². The normalized spacial score (nSPS) is 12.6. The van der Waals surface area contributed by atoms with Crippen molar-refractivity contribution in [1.82, 2.24) is 23.9 Å². The van der Waals surface area contributed by atoms with E-state index in [-0.39, 0.29) is 22.6 Å².